The van der Waals surface area contributed by atoms with Gasteiger partial charge in [0.05, 0.1) is 13.2 Å². The molecule has 3 rings (SSSR count). The molecule has 0 bridgehead atoms. The van der Waals surface area contributed by atoms with Crippen LogP contribution >= 0.6 is 0 Å². The predicted octanol–water partition coefficient (Wildman–Crippen LogP) is 1.04. The van der Waals surface area contributed by atoms with E-state index in [1.807, 2.05) is 5.32 Å². The summed E-state index contributed by atoms with van der Waals surface area (Å²) in [5.41, 5.74) is -6.80. The van der Waals surface area contributed by atoms with Crippen molar-refractivity contribution in [2.75, 3.05) is 11.9 Å². The van der Waals surface area contributed by atoms with Crippen LogP contribution in [-0.2, 0) is 21.6 Å². The Balaban J connectivity index is 2.24. The molecule has 2 heterocycles. The average Bonchev–Trinajstić information content (AvgIpc) is 2.93. The van der Waals surface area contributed by atoms with Crippen LogP contribution < -0.4 is 21.9 Å². The molecule has 1 aliphatic heterocycles. The summed E-state index contributed by atoms with van der Waals surface area (Å²) in [5.74, 6) is -2.38. The number of hydrogen-bond donors (Lipinski definition) is 3. The monoisotopic (exact) mass is 412 g/mol. The maximum absolute atomic E-state index is 14.0. The smallest absolute Gasteiger partial charge is 0.425 e. The predicted molar refractivity (Wildman–Crippen MR) is 93.4 cm³/mol. The van der Waals surface area contributed by atoms with E-state index in [0.717, 1.165) is 4.57 Å². The summed E-state index contributed by atoms with van der Waals surface area (Å²) in [6, 6.07) is 8.20. The van der Waals surface area contributed by atoms with Crippen molar-refractivity contribution in [3.63, 3.8) is 0 Å². The lowest BCUT2D eigenvalue weighted by molar-refractivity contribution is -0.197. The van der Waals surface area contributed by atoms with Crippen molar-refractivity contribution in [2.24, 2.45) is 0 Å². The minimum absolute atomic E-state index is 0.230. The number of benzene rings is 1. The van der Waals surface area contributed by atoms with Crippen LogP contribution in [0.3, 0.4) is 0 Å². The Morgan fingerprint density at radius 3 is 2.45 bits per heavy atom. The second-order valence-electron chi connectivity index (χ2n) is 6.10. The highest BCUT2D eigenvalue weighted by atomic mass is 19.4. The van der Waals surface area contributed by atoms with Gasteiger partial charge in [0.1, 0.15) is 11.4 Å². The summed E-state index contributed by atoms with van der Waals surface area (Å²) in [6.45, 7) is 0.858. The third kappa shape index (κ3) is 3.26. The molecule has 29 heavy (non-hydrogen) atoms. The zero-order chi connectivity index (χ0) is 21.4. The molecule has 2 amide bonds. The van der Waals surface area contributed by atoms with Crippen molar-refractivity contribution in [3.05, 3.63) is 62.3 Å². The number of ether oxygens (including phenoxy) is 1. The number of alkyl carbamates (subject to hydrolysis) is 1. The van der Waals surface area contributed by atoms with Crippen molar-refractivity contribution in [3.8, 4) is 0 Å². The van der Waals surface area contributed by atoms with Gasteiger partial charge in [-0.3, -0.25) is 24.5 Å². The molecule has 0 saturated heterocycles. The highest BCUT2D eigenvalue weighted by Crippen LogP contribution is 2.45. The van der Waals surface area contributed by atoms with E-state index < -0.39 is 46.3 Å². The molecule has 154 valence electrons. The van der Waals surface area contributed by atoms with Crippen LogP contribution in [-0.4, -0.2) is 34.3 Å². The van der Waals surface area contributed by atoms with Gasteiger partial charge in [0.2, 0.25) is 0 Å². The highest BCUT2D eigenvalue weighted by molar-refractivity contribution is 6.07. The van der Waals surface area contributed by atoms with Crippen LogP contribution in [0, 0.1) is 0 Å². The number of nitrogens with one attached hydrogen (secondary N) is 3. The first-order valence-electron chi connectivity index (χ1n) is 8.36. The second-order valence-corrected chi connectivity index (χ2v) is 6.10. The molecule has 0 saturated carbocycles. The van der Waals surface area contributed by atoms with Gasteiger partial charge in [-0.2, -0.15) is 13.2 Å². The standard InChI is InChI=1S/C17H15F3N4O5/c1-2-29-15(28)23-16(17(18,19)20)10-11(21-13(16)26)24(14(27)22-12(10)25)8-9-6-4-3-5-7-9/h3-7H,2,8H2,1H3,(H,21,26)(H,23,28)(H,22,25,27). The molecule has 2 aromatic rings. The number of nitrogens with zero attached hydrogens (tertiary/aromatic N) is 1. The Morgan fingerprint density at radius 1 is 1.21 bits per heavy atom. The number of carbonyl (C=O) groups excluding carboxylic acids is 2. The molecule has 0 spiro atoms. The molecule has 3 N–H and O–H groups in total. The number of rotatable bonds is 4. The molecule has 1 aromatic carbocycles. The van der Waals surface area contributed by atoms with E-state index in [1.165, 1.54) is 12.2 Å². The first kappa shape index (κ1) is 20.2. The van der Waals surface area contributed by atoms with Gasteiger partial charge in [0.15, 0.2) is 0 Å². The normalized spacial score (nSPS) is 18.1. The number of aromatic nitrogens is 2. The Labute approximate surface area is 160 Å². The van der Waals surface area contributed by atoms with Crippen LogP contribution in [0.4, 0.5) is 23.8 Å². The molecule has 1 unspecified atom stereocenters. The number of halogens is 3. The molecule has 1 aromatic heterocycles. The Morgan fingerprint density at radius 2 is 1.86 bits per heavy atom. The van der Waals surface area contributed by atoms with Gasteiger partial charge < -0.3 is 10.1 Å². The second kappa shape index (κ2) is 7.11. The SMILES string of the molecule is CCOC(=O)NC1(C(F)(F)F)C(=O)Nc2c1c(=O)[nH]c(=O)n2Cc1ccccc1. The van der Waals surface area contributed by atoms with E-state index in [-0.39, 0.29) is 13.2 Å². The first-order valence-corrected chi connectivity index (χ1v) is 8.36. The minimum Gasteiger partial charge on any atom is -0.450 e. The van der Waals surface area contributed by atoms with Crippen LogP contribution in [0.5, 0.6) is 0 Å². The van der Waals surface area contributed by atoms with Gasteiger partial charge in [0.25, 0.3) is 17.0 Å². The summed E-state index contributed by atoms with van der Waals surface area (Å²) >= 11 is 0. The molecular weight excluding hydrogens is 397 g/mol. The quantitative estimate of drug-likeness (QED) is 0.693. The Kier molecular flexibility index (Phi) is 4.95. The number of aromatic amines is 1. The Hall–Kier alpha value is -3.57. The lowest BCUT2D eigenvalue weighted by atomic mass is 9.92. The molecule has 1 aliphatic rings. The number of H-pyrrole nitrogens is 1. The van der Waals surface area contributed by atoms with E-state index in [2.05, 4.69) is 4.74 Å². The van der Waals surface area contributed by atoms with E-state index in [0.29, 0.717) is 5.56 Å². The molecule has 9 nitrogen and oxygen atoms in total. The van der Waals surface area contributed by atoms with Crippen LogP contribution in [0.2, 0.25) is 0 Å². The fourth-order valence-electron chi connectivity index (χ4n) is 3.06. The van der Waals surface area contributed by atoms with Gasteiger partial charge in [-0.15, -0.1) is 0 Å². The fraction of sp³-hybridized carbons (Fsp3) is 0.294. The molecule has 0 fully saturated rings. The maximum Gasteiger partial charge on any atom is 0.425 e. The number of hydrogen-bond acceptors (Lipinski definition) is 5. The Bertz CT molecular complexity index is 1080. The van der Waals surface area contributed by atoms with Crippen molar-refractivity contribution in [1.82, 2.24) is 14.9 Å². The van der Waals surface area contributed by atoms with E-state index in [1.54, 1.807) is 35.3 Å². The van der Waals surface area contributed by atoms with E-state index in [4.69, 9.17) is 0 Å². The van der Waals surface area contributed by atoms with Crippen molar-refractivity contribution in [2.45, 2.75) is 25.2 Å². The van der Waals surface area contributed by atoms with Gasteiger partial charge >= 0.3 is 18.0 Å². The first-order chi connectivity index (χ1) is 13.6. The molecule has 1 atom stereocenters. The van der Waals surface area contributed by atoms with Gasteiger partial charge in [-0.25, -0.2) is 9.59 Å². The molecule has 12 heteroatoms. The largest absolute Gasteiger partial charge is 0.450 e. The van der Waals surface area contributed by atoms with Gasteiger partial charge in [0, 0.05) is 0 Å². The molecular formula is C17H15F3N4O5. The summed E-state index contributed by atoms with van der Waals surface area (Å²) in [7, 11) is 0. The topological polar surface area (TPSA) is 122 Å². The van der Waals surface area contributed by atoms with Gasteiger partial charge in [-0.1, -0.05) is 30.3 Å². The van der Waals surface area contributed by atoms with Crippen molar-refractivity contribution >= 4 is 17.8 Å². The minimum atomic E-state index is -5.41. The van der Waals surface area contributed by atoms with Crippen LogP contribution in [0.1, 0.15) is 18.1 Å². The summed E-state index contributed by atoms with van der Waals surface area (Å²) in [6.07, 6.45) is -6.95. The maximum atomic E-state index is 14.0. The zero-order valence-electron chi connectivity index (χ0n) is 14.9. The van der Waals surface area contributed by atoms with Crippen molar-refractivity contribution < 1.29 is 27.5 Å². The summed E-state index contributed by atoms with van der Waals surface area (Å²) < 4.78 is 47.3. The zero-order valence-corrected chi connectivity index (χ0v) is 14.9. The van der Waals surface area contributed by atoms with Gasteiger partial charge in [-0.05, 0) is 12.5 Å². The van der Waals surface area contributed by atoms with Crippen molar-refractivity contribution in [1.29, 1.82) is 0 Å². The lowest BCUT2D eigenvalue weighted by Gasteiger charge is -2.29. The number of amides is 2. The number of anilines is 1. The number of carbonyl (C=O) groups is 2. The summed E-state index contributed by atoms with van der Waals surface area (Å²) in [4.78, 5) is 50.6. The third-order valence-electron chi connectivity index (χ3n) is 4.32. The number of alkyl halides is 3. The highest BCUT2D eigenvalue weighted by Gasteiger charge is 2.68. The molecule has 0 aliphatic carbocycles. The van der Waals surface area contributed by atoms with Crippen LogP contribution in [0.25, 0.3) is 0 Å². The van der Waals surface area contributed by atoms with E-state index in [9.17, 15) is 32.3 Å². The average molecular weight is 412 g/mol. The number of fused-ring (bicyclic) bond motifs is 1. The lowest BCUT2D eigenvalue weighted by Crippen LogP contribution is -2.62. The van der Waals surface area contributed by atoms with Crippen LogP contribution in [0.15, 0.2) is 39.9 Å². The molecule has 0 radical (unpaired) electrons. The fourth-order valence-corrected chi connectivity index (χ4v) is 3.06. The third-order valence-corrected chi connectivity index (χ3v) is 4.32. The summed E-state index contributed by atoms with van der Waals surface area (Å²) in [5, 5.41) is 3.38. The van der Waals surface area contributed by atoms with E-state index >= 15 is 0 Å².